The molecular formula is C8H18N2S. The van der Waals surface area contributed by atoms with Crippen LogP contribution in [0.5, 0.6) is 0 Å². The van der Waals surface area contributed by atoms with Crippen LogP contribution in [0.3, 0.4) is 0 Å². The van der Waals surface area contributed by atoms with Gasteiger partial charge in [-0.3, -0.25) is 0 Å². The van der Waals surface area contributed by atoms with Crippen molar-refractivity contribution in [3.05, 3.63) is 0 Å². The smallest absolute Gasteiger partial charge is 0.102 e. The third kappa shape index (κ3) is 3.45. The van der Waals surface area contributed by atoms with Gasteiger partial charge in [0.15, 0.2) is 0 Å². The second-order valence-electron chi connectivity index (χ2n) is 3.20. The van der Waals surface area contributed by atoms with Gasteiger partial charge in [-0.2, -0.15) is 12.5 Å². The SMILES string of the molecule is [3H]SCCCN1CCN(C)CC1. The van der Waals surface area contributed by atoms with Crippen molar-refractivity contribution in [2.75, 3.05) is 45.5 Å². The van der Waals surface area contributed by atoms with Crippen LogP contribution in [0, 0.1) is 0 Å². The molecule has 0 N–H and O–H groups in total. The molecule has 3 heteroatoms. The molecule has 1 aliphatic rings. The van der Waals surface area contributed by atoms with E-state index in [1.54, 1.807) is 0 Å². The molecule has 0 aromatic rings. The highest BCUT2D eigenvalue weighted by molar-refractivity contribution is 7.80. The van der Waals surface area contributed by atoms with Crippen molar-refractivity contribution in [2.45, 2.75) is 6.42 Å². The zero-order valence-corrected chi connectivity index (χ0v) is 8.07. The Morgan fingerprint density at radius 1 is 1.36 bits per heavy atom. The minimum atomic E-state index is 0.979. The van der Waals surface area contributed by atoms with Gasteiger partial charge in [0, 0.05) is 26.2 Å². The second-order valence-corrected chi connectivity index (χ2v) is 3.61. The third-order valence-electron chi connectivity index (χ3n) is 2.21. The highest BCUT2D eigenvalue weighted by Gasteiger charge is 2.11. The topological polar surface area (TPSA) is 6.48 Å². The minimum Gasteiger partial charge on any atom is -0.304 e. The molecule has 2 nitrogen and oxygen atoms in total. The molecule has 0 aliphatic carbocycles. The predicted octanol–water partition coefficient (Wildman–Crippen LogP) is 0.554. The summed E-state index contributed by atoms with van der Waals surface area (Å²) in [6.07, 6.45) is 1.16. The lowest BCUT2D eigenvalue weighted by Crippen LogP contribution is -2.44. The molecule has 0 saturated carbocycles. The molecule has 0 bridgehead atoms. The Kier molecular flexibility index (Phi) is 3.60. The van der Waals surface area contributed by atoms with E-state index in [-0.39, 0.29) is 0 Å². The lowest BCUT2D eigenvalue weighted by Gasteiger charge is -2.32. The maximum Gasteiger partial charge on any atom is 0.102 e. The molecule has 0 atom stereocenters. The lowest BCUT2D eigenvalue weighted by molar-refractivity contribution is 0.155. The average molecular weight is 176 g/mol. The molecule has 11 heavy (non-hydrogen) atoms. The van der Waals surface area contributed by atoms with Gasteiger partial charge in [-0.05, 0) is 25.8 Å². The van der Waals surface area contributed by atoms with Crippen LogP contribution in [0.1, 0.15) is 6.42 Å². The number of hydrogen-bond acceptors (Lipinski definition) is 3. The van der Waals surface area contributed by atoms with Crippen LogP contribution < -0.4 is 0 Å². The number of piperazine rings is 1. The van der Waals surface area contributed by atoms with Crippen molar-refractivity contribution >= 4 is 12.5 Å². The monoisotopic (exact) mass is 176 g/mol. The van der Waals surface area contributed by atoms with E-state index in [1.807, 2.05) is 0 Å². The van der Waals surface area contributed by atoms with Crippen LogP contribution >= 0.6 is 12.5 Å². The molecule has 1 fully saturated rings. The summed E-state index contributed by atoms with van der Waals surface area (Å²) in [5.74, 6) is 0.979. The summed E-state index contributed by atoms with van der Waals surface area (Å²) in [6.45, 7) is 6.00. The van der Waals surface area contributed by atoms with E-state index < -0.39 is 0 Å². The van der Waals surface area contributed by atoms with E-state index in [0.717, 1.165) is 12.2 Å². The average Bonchev–Trinajstić information content (AvgIpc) is 2.09. The lowest BCUT2D eigenvalue weighted by atomic mass is 10.3. The van der Waals surface area contributed by atoms with Crippen molar-refractivity contribution in [2.24, 2.45) is 0 Å². The summed E-state index contributed by atoms with van der Waals surface area (Å²) in [4.78, 5) is 4.87. The standard InChI is InChI=1S/C8H18N2S/c1-9-4-6-10(7-5-9)3-2-8-11/h11H,2-8H2,1H3/i/hT. The summed E-state index contributed by atoms with van der Waals surface area (Å²) in [7, 11) is 2.18. The van der Waals surface area contributed by atoms with Crippen molar-refractivity contribution in [1.82, 2.24) is 9.80 Å². The van der Waals surface area contributed by atoms with E-state index in [2.05, 4.69) is 16.8 Å². The summed E-state index contributed by atoms with van der Waals surface area (Å²) < 4.78 is 6.94. The van der Waals surface area contributed by atoms with Crippen molar-refractivity contribution in [1.29, 1.82) is 1.12 Å². The van der Waals surface area contributed by atoms with Crippen LogP contribution in [0.15, 0.2) is 0 Å². The summed E-state index contributed by atoms with van der Waals surface area (Å²) in [6, 6.07) is 0. The van der Waals surface area contributed by atoms with E-state index in [9.17, 15) is 0 Å². The first-order chi connectivity index (χ1) is 5.83. The highest BCUT2D eigenvalue weighted by Crippen LogP contribution is 1.99. The number of hydrogen-bond donors (Lipinski definition) is 1. The van der Waals surface area contributed by atoms with Gasteiger partial charge in [0.2, 0.25) is 0 Å². The van der Waals surface area contributed by atoms with Crippen LogP contribution in [0.25, 0.3) is 0 Å². The molecule has 0 aromatic carbocycles. The fourth-order valence-corrected chi connectivity index (χ4v) is 1.49. The third-order valence-corrected chi connectivity index (χ3v) is 2.50. The largest absolute Gasteiger partial charge is 0.304 e. The summed E-state index contributed by atoms with van der Waals surface area (Å²) in [5, 5.41) is 0. The van der Waals surface area contributed by atoms with Crippen LogP contribution in [-0.4, -0.2) is 56.4 Å². The Morgan fingerprint density at radius 3 is 2.73 bits per heavy atom. The predicted molar refractivity (Wildman–Crippen MR) is 52.4 cm³/mol. The Morgan fingerprint density at radius 2 is 2.09 bits per heavy atom. The van der Waals surface area contributed by atoms with Crippen LogP contribution in [0.4, 0.5) is 0 Å². The summed E-state index contributed by atoms with van der Waals surface area (Å²) in [5.41, 5.74) is 0. The van der Waals surface area contributed by atoms with Gasteiger partial charge in [-0.15, -0.1) is 0 Å². The van der Waals surface area contributed by atoms with Gasteiger partial charge < -0.3 is 9.80 Å². The van der Waals surface area contributed by atoms with Gasteiger partial charge >= 0.3 is 0 Å². The van der Waals surface area contributed by atoms with Gasteiger partial charge in [0.05, 0.1) is 0 Å². The molecule has 0 radical (unpaired) electrons. The van der Waals surface area contributed by atoms with E-state index in [0.29, 0.717) is 0 Å². The highest BCUT2D eigenvalue weighted by atomic mass is 32.1. The van der Waals surface area contributed by atoms with Gasteiger partial charge in [0.1, 0.15) is 1.12 Å². The molecule has 0 aromatic heterocycles. The first-order valence-corrected chi connectivity index (χ1v) is 4.89. The number of rotatable bonds is 4. The van der Waals surface area contributed by atoms with Crippen molar-refractivity contribution in [3.8, 4) is 0 Å². The van der Waals surface area contributed by atoms with Crippen molar-refractivity contribution in [3.63, 3.8) is 0 Å². The molecular weight excluding hydrogens is 156 g/mol. The Bertz CT molecular complexity index is 116. The molecule has 1 aliphatic heterocycles. The molecule has 1 rings (SSSR count). The number of likely N-dealkylation sites (N-methyl/N-ethyl adjacent to an activating group) is 1. The van der Waals surface area contributed by atoms with Gasteiger partial charge in [-0.1, -0.05) is 0 Å². The fourth-order valence-electron chi connectivity index (χ4n) is 1.36. The van der Waals surface area contributed by atoms with E-state index >= 15 is 0 Å². The zero-order chi connectivity index (χ0) is 8.81. The summed E-state index contributed by atoms with van der Waals surface area (Å²) >= 11 is 1.20. The Labute approximate surface area is 76.0 Å². The maximum atomic E-state index is 6.94. The Balaban J connectivity index is 2.01. The first-order valence-electron chi connectivity index (χ1n) is 4.73. The van der Waals surface area contributed by atoms with Crippen LogP contribution in [0.2, 0.25) is 0 Å². The van der Waals surface area contributed by atoms with Gasteiger partial charge in [0.25, 0.3) is 0 Å². The molecule has 1 saturated heterocycles. The van der Waals surface area contributed by atoms with Crippen molar-refractivity contribution < 1.29 is 0 Å². The quantitative estimate of drug-likeness (QED) is 0.494. The number of thiol groups is 1. The molecule has 0 amide bonds. The minimum absolute atomic E-state index is 0.979. The first kappa shape index (κ1) is 7.90. The molecule has 1 heterocycles. The molecule has 66 valence electrons. The van der Waals surface area contributed by atoms with E-state index in [1.165, 1.54) is 45.3 Å². The zero-order valence-electron chi connectivity index (χ0n) is 8.25. The fraction of sp³-hybridized carbons (Fsp3) is 1.00. The maximum absolute atomic E-state index is 6.94. The van der Waals surface area contributed by atoms with Gasteiger partial charge in [-0.25, -0.2) is 0 Å². The second kappa shape index (κ2) is 5.01. The normalized spacial score (nSPS) is 23.5. The Hall–Kier alpha value is 0.270. The number of nitrogens with zero attached hydrogens (tertiary/aromatic N) is 2. The van der Waals surface area contributed by atoms with E-state index in [4.69, 9.17) is 1.12 Å². The molecule has 0 spiro atoms. The molecule has 0 unspecified atom stereocenters. The van der Waals surface area contributed by atoms with Crippen LogP contribution in [-0.2, 0) is 0 Å².